The summed E-state index contributed by atoms with van der Waals surface area (Å²) >= 11 is 0. The molecule has 0 bridgehead atoms. The molecule has 0 saturated heterocycles. The SMILES string of the molecule is CC=CNC(=O)C(C=CC)(C=CC)C(C=CC)(C=CC)C(N)=O. The molecule has 126 valence electrons. The molecule has 0 aliphatic rings. The van der Waals surface area contributed by atoms with Crippen LogP contribution < -0.4 is 11.1 Å². The smallest absolute Gasteiger partial charge is 0.239 e. The third-order valence-corrected chi connectivity index (χ3v) is 3.57. The minimum atomic E-state index is -1.30. The molecule has 0 heterocycles. The summed E-state index contributed by atoms with van der Waals surface area (Å²) in [7, 11) is 0. The number of primary amides is 1. The molecule has 0 aromatic heterocycles. The van der Waals surface area contributed by atoms with Gasteiger partial charge < -0.3 is 11.1 Å². The van der Waals surface area contributed by atoms with Crippen LogP contribution in [0.3, 0.4) is 0 Å². The monoisotopic (exact) mass is 316 g/mol. The minimum Gasteiger partial charge on any atom is -0.369 e. The van der Waals surface area contributed by atoms with Crippen LogP contribution in [-0.4, -0.2) is 11.8 Å². The van der Waals surface area contributed by atoms with Crippen molar-refractivity contribution >= 4 is 11.8 Å². The Morgan fingerprint density at radius 3 is 1.43 bits per heavy atom. The van der Waals surface area contributed by atoms with E-state index in [1.54, 1.807) is 95.5 Å². The molecule has 0 unspecified atom stereocenters. The van der Waals surface area contributed by atoms with Crippen LogP contribution in [0.1, 0.15) is 34.6 Å². The summed E-state index contributed by atoms with van der Waals surface area (Å²) in [6.07, 6.45) is 17.0. The van der Waals surface area contributed by atoms with Crippen molar-refractivity contribution < 1.29 is 9.59 Å². The highest BCUT2D eigenvalue weighted by Gasteiger charge is 2.54. The molecule has 0 spiro atoms. The van der Waals surface area contributed by atoms with Gasteiger partial charge in [0.1, 0.15) is 10.8 Å². The normalized spacial score (nSPS) is 18.1. The van der Waals surface area contributed by atoms with Crippen molar-refractivity contribution in [2.24, 2.45) is 16.6 Å². The molecule has 4 nitrogen and oxygen atoms in total. The molecule has 0 atom stereocenters. The molecule has 0 rings (SSSR count). The number of carbonyl (C=O) groups excluding carboxylic acids is 2. The molecule has 0 radical (unpaired) electrons. The number of rotatable bonds is 8. The van der Waals surface area contributed by atoms with E-state index >= 15 is 0 Å². The molecule has 0 aromatic rings. The molecule has 0 aliphatic heterocycles. The lowest BCUT2D eigenvalue weighted by molar-refractivity contribution is -0.136. The first-order valence-corrected chi connectivity index (χ1v) is 7.69. The van der Waals surface area contributed by atoms with Gasteiger partial charge in [0.25, 0.3) is 0 Å². The van der Waals surface area contributed by atoms with Crippen LogP contribution >= 0.6 is 0 Å². The van der Waals surface area contributed by atoms with Crippen LogP contribution in [0.4, 0.5) is 0 Å². The number of amides is 2. The molecular formula is C19H28N2O2. The maximum atomic E-state index is 13.0. The van der Waals surface area contributed by atoms with Gasteiger partial charge in [-0.2, -0.15) is 0 Å². The Kier molecular flexibility index (Phi) is 8.63. The fourth-order valence-electron chi connectivity index (χ4n) is 2.70. The van der Waals surface area contributed by atoms with Crippen molar-refractivity contribution in [3.05, 3.63) is 60.9 Å². The van der Waals surface area contributed by atoms with E-state index in [0.29, 0.717) is 0 Å². The highest BCUT2D eigenvalue weighted by molar-refractivity contribution is 5.99. The van der Waals surface area contributed by atoms with E-state index in [1.165, 1.54) is 0 Å². The lowest BCUT2D eigenvalue weighted by atomic mass is 9.61. The Morgan fingerprint density at radius 2 is 1.13 bits per heavy atom. The molecule has 0 aliphatic carbocycles. The fourth-order valence-corrected chi connectivity index (χ4v) is 2.70. The maximum absolute atomic E-state index is 13.0. The Morgan fingerprint density at radius 1 is 0.739 bits per heavy atom. The van der Waals surface area contributed by atoms with Crippen molar-refractivity contribution in [2.75, 3.05) is 0 Å². The standard InChI is InChI=1S/C19H28N2O2/c1-6-11-18(12-7-2,16(20)22)19(13-8-3,14-9-4)17(23)21-15-10-5/h6-15H,1-5H3,(H2,20,22)(H,21,23). The van der Waals surface area contributed by atoms with E-state index < -0.39 is 16.7 Å². The van der Waals surface area contributed by atoms with E-state index in [4.69, 9.17) is 5.73 Å². The molecule has 3 N–H and O–H groups in total. The molecule has 2 amide bonds. The van der Waals surface area contributed by atoms with Gasteiger partial charge in [-0.25, -0.2) is 0 Å². The Balaban J connectivity index is 6.78. The lowest BCUT2D eigenvalue weighted by Gasteiger charge is -2.40. The zero-order valence-electron chi connectivity index (χ0n) is 14.7. The Hall–Kier alpha value is -2.36. The maximum Gasteiger partial charge on any atom is 0.239 e. The van der Waals surface area contributed by atoms with Gasteiger partial charge in [-0.15, -0.1) is 0 Å². The van der Waals surface area contributed by atoms with Gasteiger partial charge in [-0.3, -0.25) is 9.59 Å². The number of nitrogens with two attached hydrogens (primary N) is 1. The highest BCUT2D eigenvalue weighted by atomic mass is 16.2. The number of nitrogens with one attached hydrogen (secondary N) is 1. The van der Waals surface area contributed by atoms with Crippen molar-refractivity contribution in [1.29, 1.82) is 0 Å². The van der Waals surface area contributed by atoms with Gasteiger partial charge in [0.2, 0.25) is 11.8 Å². The van der Waals surface area contributed by atoms with E-state index in [9.17, 15) is 9.59 Å². The average Bonchev–Trinajstić information content (AvgIpc) is 2.51. The fraction of sp³-hybridized carbons (Fsp3) is 0.368. The number of allylic oxidation sites excluding steroid dienone is 5. The highest BCUT2D eigenvalue weighted by Crippen LogP contribution is 2.45. The van der Waals surface area contributed by atoms with Gasteiger partial charge in [0.15, 0.2) is 0 Å². The number of carbonyl (C=O) groups is 2. The van der Waals surface area contributed by atoms with Crippen molar-refractivity contribution in [2.45, 2.75) is 34.6 Å². The third kappa shape index (κ3) is 4.09. The van der Waals surface area contributed by atoms with Crippen LogP contribution in [0.5, 0.6) is 0 Å². The second-order valence-corrected chi connectivity index (χ2v) is 5.08. The minimum absolute atomic E-state index is 0.332. The molecule has 4 heteroatoms. The van der Waals surface area contributed by atoms with Gasteiger partial charge in [0.05, 0.1) is 0 Å². The Bertz CT molecular complexity index is 528. The molecular weight excluding hydrogens is 288 g/mol. The van der Waals surface area contributed by atoms with Crippen molar-refractivity contribution in [1.82, 2.24) is 5.32 Å². The summed E-state index contributed by atoms with van der Waals surface area (Å²) < 4.78 is 0. The van der Waals surface area contributed by atoms with Crippen LogP contribution in [0.2, 0.25) is 0 Å². The van der Waals surface area contributed by atoms with Crippen LogP contribution in [-0.2, 0) is 9.59 Å². The second-order valence-electron chi connectivity index (χ2n) is 5.08. The summed E-state index contributed by atoms with van der Waals surface area (Å²) in [6, 6.07) is 0. The number of hydrogen-bond donors (Lipinski definition) is 2. The summed E-state index contributed by atoms with van der Waals surface area (Å²) in [4.78, 5) is 25.4. The Labute approximate surface area is 139 Å². The second kappa shape index (κ2) is 9.62. The first kappa shape index (κ1) is 20.6. The zero-order chi connectivity index (χ0) is 17.9. The summed E-state index contributed by atoms with van der Waals surface area (Å²) in [5, 5.41) is 2.72. The molecule has 0 saturated carbocycles. The van der Waals surface area contributed by atoms with E-state index in [1.807, 2.05) is 0 Å². The predicted octanol–water partition coefficient (Wildman–Crippen LogP) is 3.40. The van der Waals surface area contributed by atoms with E-state index in [-0.39, 0.29) is 5.91 Å². The molecule has 23 heavy (non-hydrogen) atoms. The van der Waals surface area contributed by atoms with Crippen molar-refractivity contribution in [3.8, 4) is 0 Å². The first-order chi connectivity index (χ1) is 10.9. The molecule has 0 fully saturated rings. The van der Waals surface area contributed by atoms with Crippen LogP contribution in [0, 0.1) is 10.8 Å². The first-order valence-electron chi connectivity index (χ1n) is 7.69. The zero-order valence-corrected chi connectivity index (χ0v) is 14.7. The van der Waals surface area contributed by atoms with E-state index in [0.717, 1.165) is 0 Å². The third-order valence-electron chi connectivity index (χ3n) is 3.57. The van der Waals surface area contributed by atoms with Gasteiger partial charge in [-0.1, -0.05) is 54.7 Å². The van der Waals surface area contributed by atoms with Gasteiger partial charge in [0, 0.05) is 0 Å². The van der Waals surface area contributed by atoms with Crippen LogP contribution in [0.25, 0.3) is 0 Å². The largest absolute Gasteiger partial charge is 0.369 e. The summed E-state index contributed by atoms with van der Waals surface area (Å²) in [6.45, 7) is 8.99. The number of hydrogen-bond acceptors (Lipinski definition) is 2. The van der Waals surface area contributed by atoms with Gasteiger partial charge in [-0.05, 0) is 40.8 Å². The van der Waals surface area contributed by atoms with Gasteiger partial charge >= 0.3 is 0 Å². The quantitative estimate of drug-likeness (QED) is 0.674. The topological polar surface area (TPSA) is 72.2 Å². The summed E-state index contributed by atoms with van der Waals surface area (Å²) in [5.41, 5.74) is 3.18. The molecule has 0 aromatic carbocycles. The average molecular weight is 316 g/mol. The van der Waals surface area contributed by atoms with Crippen LogP contribution in [0.15, 0.2) is 60.9 Å². The van der Waals surface area contributed by atoms with E-state index in [2.05, 4.69) is 5.32 Å². The lowest BCUT2D eigenvalue weighted by Crippen LogP contribution is -2.54. The van der Waals surface area contributed by atoms with Crippen molar-refractivity contribution in [3.63, 3.8) is 0 Å². The predicted molar refractivity (Wildman–Crippen MR) is 96.3 cm³/mol. The summed E-state index contributed by atoms with van der Waals surface area (Å²) in [5.74, 6) is -0.928.